The summed E-state index contributed by atoms with van der Waals surface area (Å²) in [7, 11) is 0. The molecule has 1 saturated heterocycles. The summed E-state index contributed by atoms with van der Waals surface area (Å²) < 4.78 is 74.7. The highest BCUT2D eigenvalue weighted by atomic mass is 35.5. The molecule has 2 aromatic carbocycles. The Morgan fingerprint density at radius 1 is 0.852 bits per heavy atom. The fraction of sp³-hybridized carbons (Fsp3) is 0.429. The molecule has 4 nitrogen and oxygen atoms in total. The summed E-state index contributed by atoms with van der Waals surface area (Å²) >= 11 is 0. The summed E-state index contributed by atoms with van der Waals surface area (Å²) in [5, 5.41) is 8.87. The molecule has 27 heavy (non-hydrogen) atoms. The average Bonchev–Trinajstić information content (AvgIpc) is 2.76. The summed E-state index contributed by atoms with van der Waals surface area (Å²) in [5.74, 6) is 0. The number of hydrogen-bond acceptors (Lipinski definition) is 4. The highest BCUT2D eigenvalue weighted by Gasteiger charge is 2.26. The van der Waals surface area contributed by atoms with Gasteiger partial charge in [-0.25, -0.2) is 0 Å². The standard InChI is InChI=1S/C21H28N2O2.2ClH/c24-16-18-25-17-15-22-11-13-23(14-12-22)21(19-7-3-1-4-8-19)20-9-5-2-6-10-20;;/h1-10,21,24H,11-18H2;2*1H/i11D2,12D2,13D2,14D2;;. The van der Waals surface area contributed by atoms with Gasteiger partial charge in [0, 0.05) is 43.5 Å². The summed E-state index contributed by atoms with van der Waals surface area (Å²) in [6, 6.07) is 16.0. The molecule has 150 valence electrons. The second-order valence-electron chi connectivity index (χ2n) is 5.53. The van der Waals surface area contributed by atoms with Gasteiger partial charge in [0.2, 0.25) is 0 Å². The van der Waals surface area contributed by atoms with Crippen LogP contribution in [0.5, 0.6) is 0 Å². The first-order valence-corrected chi connectivity index (χ1v) is 8.26. The predicted molar refractivity (Wildman–Crippen MR) is 115 cm³/mol. The van der Waals surface area contributed by atoms with Crippen LogP contribution in [0.4, 0.5) is 0 Å². The number of aliphatic hydroxyl groups excluding tert-OH is 1. The quantitative estimate of drug-likeness (QED) is 0.664. The smallest absolute Gasteiger partial charge is 0.0698 e. The van der Waals surface area contributed by atoms with Gasteiger partial charge in [-0.1, -0.05) is 60.7 Å². The number of aliphatic hydroxyl groups is 1. The van der Waals surface area contributed by atoms with Crippen LogP contribution in [0.2, 0.25) is 0 Å². The summed E-state index contributed by atoms with van der Waals surface area (Å²) in [5.41, 5.74) is 1.01. The molecule has 1 aliphatic rings. The SMILES string of the molecule is Cl.Cl.[2H]C1([2H])N(CCOCCO)C([2H])([2H])C([2H])([2H])N(C(c2ccccc2)c2ccccc2)C1([2H])[2H]. The van der Waals surface area contributed by atoms with Gasteiger partial charge in [-0.15, -0.1) is 24.8 Å². The lowest BCUT2D eigenvalue weighted by Gasteiger charge is -2.39. The second-order valence-corrected chi connectivity index (χ2v) is 5.53. The van der Waals surface area contributed by atoms with Crippen molar-refractivity contribution in [2.45, 2.75) is 6.04 Å². The number of ether oxygens (including phenoxy) is 1. The van der Waals surface area contributed by atoms with Crippen LogP contribution >= 0.6 is 24.8 Å². The zero-order chi connectivity index (χ0) is 24.5. The molecule has 2 aromatic rings. The molecule has 6 heteroatoms. The number of benzene rings is 2. The third kappa shape index (κ3) is 7.07. The van der Waals surface area contributed by atoms with Crippen LogP contribution in [0.1, 0.15) is 28.1 Å². The monoisotopic (exact) mass is 420 g/mol. The van der Waals surface area contributed by atoms with Crippen molar-refractivity contribution >= 4 is 24.8 Å². The maximum atomic E-state index is 8.87. The Kier molecular flexibility index (Phi) is 6.77. The van der Waals surface area contributed by atoms with Crippen LogP contribution < -0.4 is 0 Å². The van der Waals surface area contributed by atoms with Crippen molar-refractivity contribution in [3.63, 3.8) is 0 Å². The molecule has 0 saturated carbocycles. The van der Waals surface area contributed by atoms with Crippen molar-refractivity contribution < 1.29 is 20.8 Å². The van der Waals surface area contributed by atoms with E-state index in [-0.39, 0.29) is 44.6 Å². The van der Waals surface area contributed by atoms with E-state index >= 15 is 0 Å². The van der Waals surface area contributed by atoms with Gasteiger partial charge in [-0.2, -0.15) is 0 Å². The molecule has 1 fully saturated rings. The van der Waals surface area contributed by atoms with Crippen molar-refractivity contribution in [1.82, 2.24) is 9.80 Å². The molecule has 0 radical (unpaired) electrons. The lowest BCUT2D eigenvalue weighted by Crippen LogP contribution is -2.48. The number of piperazine rings is 1. The summed E-state index contributed by atoms with van der Waals surface area (Å²) in [4.78, 5) is 1.22. The van der Waals surface area contributed by atoms with Crippen LogP contribution in [0.15, 0.2) is 60.7 Å². The van der Waals surface area contributed by atoms with E-state index in [1.807, 2.05) is 0 Å². The topological polar surface area (TPSA) is 35.9 Å². The van der Waals surface area contributed by atoms with E-state index in [1.165, 1.54) is 0 Å². The number of hydrogen-bond donors (Lipinski definition) is 1. The lowest BCUT2D eigenvalue weighted by atomic mass is 9.96. The molecule has 0 atom stereocenters. The number of rotatable bonds is 8. The fourth-order valence-electron chi connectivity index (χ4n) is 2.61. The molecule has 1 heterocycles. The summed E-state index contributed by atoms with van der Waals surface area (Å²) in [6.07, 6.45) is 0. The highest BCUT2D eigenvalue weighted by molar-refractivity contribution is 5.85. The van der Waals surface area contributed by atoms with Crippen molar-refractivity contribution in [2.24, 2.45) is 0 Å². The number of halogens is 2. The van der Waals surface area contributed by atoms with Gasteiger partial charge >= 0.3 is 0 Å². The average molecular weight is 421 g/mol. The van der Waals surface area contributed by atoms with Gasteiger partial charge in [0.15, 0.2) is 0 Å². The van der Waals surface area contributed by atoms with Gasteiger partial charge in [-0.05, 0) is 11.1 Å². The molecule has 0 spiro atoms. The van der Waals surface area contributed by atoms with Crippen molar-refractivity contribution in [3.8, 4) is 0 Å². The van der Waals surface area contributed by atoms with Gasteiger partial charge < -0.3 is 9.84 Å². The molecular weight excluding hydrogens is 383 g/mol. The van der Waals surface area contributed by atoms with Gasteiger partial charge in [0.1, 0.15) is 0 Å². The Balaban J connectivity index is 0.00000306. The Morgan fingerprint density at radius 2 is 1.37 bits per heavy atom. The van der Waals surface area contributed by atoms with Crippen LogP contribution in [0.3, 0.4) is 0 Å². The molecule has 3 rings (SSSR count). The van der Waals surface area contributed by atoms with E-state index < -0.39 is 38.6 Å². The minimum atomic E-state index is -2.95. The van der Waals surface area contributed by atoms with Crippen LogP contribution in [0, 0.1) is 0 Å². The molecule has 1 N–H and O–H groups in total. The molecule has 0 aromatic heterocycles. The Morgan fingerprint density at radius 3 is 1.85 bits per heavy atom. The second kappa shape index (κ2) is 13.1. The third-order valence-corrected chi connectivity index (χ3v) is 3.79. The van der Waals surface area contributed by atoms with Crippen molar-refractivity contribution in [1.29, 1.82) is 0 Å². The zero-order valence-electron chi connectivity index (χ0n) is 22.7. The van der Waals surface area contributed by atoms with Gasteiger partial charge in [-0.3, -0.25) is 9.80 Å². The minimum absolute atomic E-state index is 0. The van der Waals surface area contributed by atoms with Crippen molar-refractivity contribution in [3.05, 3.63) is 71.8 Å². The molecule has 0 bridgehead atoms. The molecule has 0 aliphatic carbocycles. The molecule has 1 aliphatic heterocycles. The molecular formula is C21H30Cl2N2O2. The minimum Gasteiger partial charge on any atom is -0.394 e. The van der Waals surface area contributed by atoms with Gasteiger partial charge in [0.25, 0.3) is 0 Å². The van der Waals surface area contributed by atoms with Gasteiger partial charge in [0.05, 0.1) is 25.9 Å². The lowest BCUT2D eigenvalue weighted by molar-refractivity contribution is 0.0522. The van der Waals surface area contributed by atoms with E-state index in [0.717, 1.165) is 0 Å². The summed E-state index contributed by atoms with van der Waals surface area (Å²) in [6.45, 7) is -12.7. The maximum Gasteiger partial charge on any atom is 0.0698 e. The highest BCUT2D eigenvalue weighted by Crippen LogP contribution is 2.29. The van der Waals surface area contributed by atoms with Crippen LogP contribution in [0.25, 0.3) is 0 Å². The predicted octanol–water partition coefficient (Wildman–Crippen LogP) is 3.25. The first-order chi connectivity index (χ1) is 15.4. The zero-order valence-corrected chi connectivity index (χ0v) is 16.4. The molecule has 0 amide bonds. The van der Waals surface area contributed by atoms with Crippen LogP contribution in [-0.2, 0) is 4.74 Å². The largest absolute Gasteiger partial charge is 0.394 e. The first-order valence-electron chi connectivity index (χ1n) is 12.3. The van der Waals surface area contributed by atoms with Crippen molar-refractivity contribution in [2.75, 3.05) is 52.4 Å². The Hall–Kier alpha value is -1.14. The fourth-order valence-corrected chi connectivity index (χ4v) is 2.61. The Bertz CT molecular complexity index is 859. The van der Waals surface area contributed by atoms with E-state index in [2.05, 4.69) is 0 Å². The third-order valence-electron chi connectivity index (χ3n) is 3.79. The maximum absolute atomic E-state index is 8.87. The first kappa shape index (κ1) is 13.9. The number of nitrogens with zero attached hydrogens (tertiary/aromatic N) is 2. The van der Waals surface area contributed by atoms with E-state index in [1.54, 1.807) is 60.7 Å². The normalized spacial score (nSPS) is 27.0. The molecule has 0 unspecified atom stereocenters. The van der Waals surface area contributed by atoms with E-state index in [4.69, 9.17) is 20.8 Å². The van der Waals surface area contributed by atoms with Crippen LogP contribution in [-0.4, -0.2) is 67.3 Å². The van der Waals surface area contributed by atoms with E-state index in [9.17, 15) is 0 Å². The van der Waals surface area contributed by atoms with E-state index in [0.29, 0.717) is 20.9 Å². The Labute approximate surface area is 186 Å².